The molecule has 0 fully saturated rings. The first kappa shape index (κ1) is 27.4. The second-order valence-electron chi connectivity index (χ2n) is 8.71. The lowest BCUT2D eigenvalue weighted by molar-refractivity contribution is -0.141. The normalized spacial score (nSPS) is 13.3. The van der Waals surface area contributed by atoms with E-state index in [0.29, 0.717) is 6.42 Å². The largest absolute Gasteiger partial charge is 0.480 e. The Kier molecular flexibility index (Phi) is 10.7. The molecule has 9 heteroatoms. The molecule has 0 saturated carbocycles. The van der Waals surface area contributed by atoms with Gasteiger partial charge in [0.15, 0.2) is 0 Å². The number of amides is 3. The standard InChI is InChI=1S/C26H33N3O6/c1-17(2)14-21(23(30)27-18(3)25(32)33)28-24(31)22(15-19-10-6-4-7-11-19)29-26(34)35-16-20-12-8-5-9-13-20/h4-13,17-18,21-22H,14-16H2,1-3H3,(H,27,30)(H,28,31)(H,29,34)(H,32,33)/t18-,21+,22+/m0/s1. The van der Waals surface area contributed by atoms with Crippen molar-refractivity contribution in [2.75, 3.05) is 0 Å². The van der Waals surface area contributed by atoms with E-state index in [1.165, 1.54) is 6.92 Å². The molecule has 0 aliphatic heterocycles. The maximum Gasteiger partial charge on any atom is 0.408 e. The first-order valence-corrected chi connectivity index (χ1v) is 11.5. The number of aliphatic carboxylic acids is 1. The Hall–Kier alpha value is -3.88. The summed E-state index contributed by atoms with van der Waals surface area (Å²) in [5.41, 5.74) is 1.60. The summed E-state index contributed by atoms with van der Waals surface area (Å²) in [7, 11) is 0. The second kappa shape index (κ2) is 13.7. The van der Waals surface area contributed by atoms with Gasteiger partial charge in [0.05, 0.1) is 0 Å². The summed E-state index contributed by atoms with van der Waals surface area (Å²) in [6, 6.07) is 15.2. The molecular weight excluding hydrogens is 450 g/mol. The number of carboxylic acids is 1. The molecule has 35 heavy (non-hydrogen) atoms. The van der Waals surface area contributed by atoms with E-state index in [2.05, 4.69) is 16.0 Å². The Balaban J connectivity index is 2.12. The molecule has 0 bridgehead atoms. The zero-order chi connectivity index (χ0) is 25.8. The number of ether oxygens (including phenoxy) is 1. The van der Waals surface area contributed by atoms with Crippen LogP contribution in [0.5, 0.6) is 0 Å². The molecule has 0 aromatic heterocycles. The van der Waals surface area contributed by atoms with Gasteiger partial charge in [-0.2, -0.15) is 0 Å². The number of carboxylic acid groups (broad SMARTS) is 1. The molecule has 0 unspecified atom stereocenters. The number of carbonyl (C=O) groups is 4. The molecule has 0 radical (unpaired) electrons. The van der Waals surface area contributed by atoms with Crippen LogP contribution in [-0.4, -0.2) is 47.1 Å². The summed E-state index contributed by atoms with van der Waals surface area (Å²) in [4.78, 5) is 49.5. The smallest absolute Gasteiger partial charge is 0.408 e. The van der Waals surface area contributed by atoms with Crippen LogP contribution in [-0.2, 0) is 32.1 Å². The third-order valence-corrected chi connectivity index (χ3v) is 5.17. The van der Waals surface area contributed by atoms with Gasteiger partial charge in [-0.05, 0) is 30.4 Å². The summed E-state index contributed by atoms with van der Waals surface area (Å²) < 4.78 is 5.27. The maximum atomic E-state index is 13.2. The molecule has 3 atom stereocenters. The molecule has 2 aromatic rings. The van der Waals surface area contributed by atoms with Crippen LogP contribution in [0.3, 0.4) is 0 Å². The van der Waals surface area contributed by atoms with E-state index < -0.39 is 42.0 Å². The number of nitrogens with one attached hydrogen (secondary N) is 3. The van der Waals surface area contributed by atoms with E-state index in [1.54, 1.807) is 0 Å². The van der Waals surface area contributed by atoms with Gasteiger partial charge in [-0.15, -0.1) is 0 Å². The van der Waals surface area contributed by atoms with E-state index in [-0.39, 0.29) is 18.9 Å². The Morgan fingerprint density at radius 3 is 1.86 bits per heavy atom. The van der Waals surface area contributed by atoms with Crippen LogP contribution < -0.4 is 16.0 Å². The van der Waals surface area contributed by atoms with E-state index in [4.69, 9.17) is 9.84 Å². The lowest BCUT2D eigenvalue weighted by atomic mass is 10.0. The molecule has 2 rings (SSSR count). The molecule has 9 nitrogen and oxygen atoms in total. The lowest BCUT2D eigenvalue weighted by Crippen LogP contribution is -2.56. The number of alkyl carbamates (subject to hydrolysis) is 1. The first-order chi connectivity index (χ1) is 16.7. The Morgan fingerprint density at radius 1 is 0.771 bits per heavy atom. The molecule has 0 aliphatic carbocycles. The van der Waals surface area contributed by atoms with Gasteiger partial charge in [0.2, 0.25) is 11.8 Å². The van der Waals surface area contributed by atoms with E-state index in [0.717, 1.165) is 11.1 Å². The number of carbonyl (C=O) groups excluding carboxylic acids is 3. The second-order valence-corrected chi connectivity index (χ2v) is 8.71. The summed E-state index contributed by atoms with van der Waals surface area (Å²) in [6.07, 6.45) is -0.302. The van der Waals surface area contributed by atoms with Crippen molar-refractivity contribution in [3.05, 3.63) is 71.8 Å². The Bertz CT molecular complexity index is 981. The predicted molar refractivity (Wildman–Crippen MR) is 130 cm³/mol. The lowest BCUT2D eigenvalue weighted by Gasteiger charge is -2.25. The highest BCUT2D eigenvalue weighted by atomic mass is 16.5. The number of hydrogen-bond acceptors (Lipinski definition) is 5. The summed E-state index contributed by atoms with van der Waals surface area (Å²) in [5.74, 6) is -2.32. The highest BCUT2D eigenvalue weighted by Gasteiger charge is 2.29. The van der Waals surface area contributed by atoms with Gasteiger partial charge >= 0.3 is 12.1 Å². The van der Waals surface area contributed by atoms with Gasteiger partial charge in [-0.1, -0.05) is 74.5 Å². The molecule has 0 spiro atoms. The molecule has 2 aromatic carbocycles. The van der Waals surface area contributed by atoms with Gasteiger partial charge in [-0.3, -0.25) is 14.4 Å². The number of hydrogen-bond donors (Lipinski definition) is 4. The van der Waals surface area contributed by atoms with Crippen LogP contribution in [0.4, 0.5) is 4.79 Å². The topological polar surface area (TPSA) is 134 Å². The van der Waals surface area contributed by atoms with Crippen molar-refractivity contribution in [3.63, 3.8) is 0 Å². The minimum Gasteiger partial charge on any atom is -0.480 e. The van der Waals surface area contributed by atoms with Gasteiger partial charge < -0.3 is 25.8 Å². The average Bonchev–Trinajstić information content (AvgIpc) is 2.82. The fourth-order valence-electron chi connectivity index (χ4n) is 3.32. The van der Waals surface area contributed by atoms with Gasteiger partial charge in [-0.25, -0.2) is 4.79 Å². The third kappa shape index (κ3) is 9.87. The highest BCUT2D eigenvalue weighted by Crippen LogP contribution is 2.09. The summed E-state index contributed by atoms with van der Waals surface area (Å²) in [6.45, 7) is 5.15. The Morgan fingerprint density at radius 2 is 1.31 bits per heavy atom. The third-order valence-electron chi connectivity index (χ3n) is 5.17. The molecule has 0 saturated heterocycles. The van der Waals surface area contributed by atoms with Crippen LogP contribution in [0, 0.1) is 5.92 Å². The van der Waals surface area contributed by atoms with Crippen molar-refractivity contribution in [2.24, 2.45) is 5.92 Å². The van der Waals surface area contributed by atoms with E-state index in [1.807, 2.05) is 74.5 Å². The fraction of sp³-hybridized carbons (Fsp3) is 0.385. The van der Waals surface area contributed by atoms with Crippen LogP contribution >= 0.6 is 0 Å². The van der Waals surface area contributed by atoms with Crippen LogP contribution in [0.1, 0.15) is 38.3 Å². The Labute approximate surface area is 205 Å². The molecule has 188 valence electrons. The molecule has 0 aliphatic rings. The molecule has 4 N–H and O–H groups in total. The monoisotopic (exact) mass is 483 g/mol. The fourth-order valence-corrected chi connectivity index (χ4v) is 3.32. The van der Waals surface area contributed by atoms with Crippen LogP contribution in [0.15, 0.2) is 60.7 Å². The first-order valence-electron chi connectivity index (χ1n) is 11.5. The van der Waals surface area contributed by atoms with Crippen molar-refractivity contribution < 1.29 is 29.0 Å². The van der Waals surface area contributed by atoms with Crippen molar-refractivity contribution in [1.82, 2.24) is 16.0 Å². The number of benzene rings is 2. The van der Waals surface area contributed by atoms with Crippen LogP contribution in [0.2, 0.25) is 0 Å². The maximum absolute atomic E-state index is 13.2. The van der Waals surface area contributed by atoms with Gasteiger partial charge in [0, 0.05) is 6.42 Å². The van der Waals surface area contributed by atoms with Crippen molar-refractivity contribution in [3.8, 4) is 0 Å². The molecular formula is C26H33N3O6. The molecule has 3 amide bonds. The number of rotatable bonds is 12. The SMILES string of the molecule is CC(C)C[C@@H](NC(=O)[C@@H](Cc1ccccc1)NC(=O)OCc1ccccc1)C(=O)N[C@@H](C)C(=O)O. The quantitative estimate of drug-likeness (QED) is 0.367. The van der Waals surface area contributed by atoms with Crippen molar-refractivity contribution in [1.29, 1.82) is 0 Å². The van der Waals surface area contributed by atoms with Gasteiger partial charge in [0.25, 0.3) is 0 Å². The van der Waals surface area contributed by atoms with Gasteiger partial charge in [0.1, 0.15) is 24.7 Å². The van der Waals surface area contributed by atoms with Crippen molar-refractivity contribution in [2.45, 2.75) is 58.3 Å². The zero-order valence-electron chi connectivity index (χ0n) is 20.2. The van der Waals surface area contributed by atoms with E-state index in [9.17, 15) is 19.2 Å². The minimum absolute atomic E-state index is 0.0395. The van der Waals surface area contributed by atoms with E-state index >= 15 is 0 Å². The summed E-state index contributed by atoms with van der Waals surface area (Å²) in [5, 5.41) is 16.8. The van der Waals surface area contributed by atoms with Crippen molar-refractivity contribution >= 4 is 23.9 Å². The highest BCUT2D eigenvalue weighted by molar-refractivity contribution is 5.92. The minimum atomic E-state index is -1.18. The molecule has 0 heterocycles. The average molecular weight is 484 g/mol. The summed E-state index contributed by atoms with van der Waals surface area (Å²) >= 11 is 0. The predicted octanol–water partition coefficient (Wildman–Crippen LogP) is 2.64. The zero-order valence-corrected chi connectivity index (χ0v) is 20.2. The van der Waals surface area contributed by atoms with Crippen LogP contribution in [0.25, 0.3) is 0 Å².